The normalized spacial score (nSPS) is 20.9. The van der Waals surface area contributed by atoms with Gasteiger partial charge in [-0.05, 0) is 48.4 Å². The minimum atomic E-state index is -3.98. The highest BCUT2D eigenvalue weighted by atomic mass is 32.2. The zero-order valence-electron chi connectivity index (χ0n) is 19.1. The van der Waals surface area contributed by atoms with E-state index in [1.807, 2.05) is 54.6 Å². The van der Waals surface area contributed by atoms with Crippen LogP contribution in [-0.4, -0.2) is 31.8 Å². The summed E-state index contributed by atoms with van der Waals surface area (Å²) in [6.07, 6.45) is 2.15. The Bertz CT molecular complexity index is 1320. The number of ether oxygens (including phenoxy) is 1. The van der Waals surface area contributed by atoms with Gasteiger partial charge in [0.25, 0.3) is 10.0 Å². The van der Waals surface area contributed by atoms with Crippen LogP contribution < -0.4 is 5.32 Å². The predicted octanol–water partition coefficient (Wildman–Crippen LogP) is 4.89. The van der Waals surface area contributed by atoms with Crippen molar-refractivity contribution in [3.05, 3.63) is 95.8 Å². The number of sulfonamides is 1. The summed E-state index contributed by atoms with van der Waals surface area (Å²) in [5, 5.41) is 11.5. The van der Waals surface area contributed by atoms with Crippen molar-refractivity contribution in [2.75, 3.05) is 6.61 Å². The highest BCUT2D eigenvalue weighted by Gasteiger charge is 2.56. The molecule has 6 nitrogen and oxygen atoms in total. The molecule has 1 saturated carbocycles. The Morgan fingerprint density at radius 1 is 1.00 bits per heavy atom. The second-order valence-corrected chi connectivity index (χ2v) is 10.7. The maximum Gasteiger partial charge on any atom is 0.301 e. The molecule has 2 N–H and O–H groups in total. The molecule has 0 amide bonds. The lowest BCUT2D eigenvalue weighted by Gasteiger charge is -2.48. The maximum absolute atomic E-state index is 14.4. The van der Waals surface area contributed by atoms with Crippen molar-refractivity contribution in [1.29, 1.82) is 0 Å². The van der Waals surface area contributed by atoms with Crippen LogP contribution >= 0.6 is 0 Å². The highest BCUT2D eigenvalue weighted by molar-refractivity contribution is 7.90. The van der Waals surface area contributed by atoms with Crippen LogP contribution in [-0.2, 0) is 14.8 Å². The van der Waals surface area contributed by atoms with Crippen molar-refractivity contribution >= 4 is 16.0 Å². The third-order valence-electron chi connectivity index (χ3n) is 6.80. The predicted molar refractivity (Wildman–Crippen MR) is 133 cm³/mol. The van der Waals surface area contributed by atoms with Crippen LogP contribution in [0.2, 0.25) is 0 Å². The molecule has 182 valence electrons. The monoisotopic (exact) mass is 494 g/mol. The first-order valence-corrected chi connectivity index (χ1v) is 13.2. The fraction of sp³-hybridized carbons (Fsp3) is 0.296. The van der Waals surface area contributed by atoms with E-state index >= 15 is 0 Å². The minimum Gasteiger partial charge on any atom is -0.456 e. The Labute approximate surface area is 204 Å². The molecule has 1 heterocycles. The lowest BCUT2D eigenvalue weighted by atomic mass is 9.75. The van der Waals surface area contributed by atoms with E-state index < -0.39 is 32.7 Å². The van der Waals surface area contributed by atoms with Crippen molar-refractivity contribution < 1.29 is 22.7 Å². The van der Waals surface area contributed by atoms with E-state index in [1.54, 1.807) is 18.2 Å². The van der Waals surface area contributed by atoms with E-state index in [2.05, 4.69) is 9.71 Å². The summed E-state index contributed by atoms with van der Waals surface area (Å²) in [5.41, 5.74) is 2.05. The number of aliphatic hydroxyl groups excluding tert-OH is 1. The van der Waals surface area contributed by atoms with Gasteiger partial charge in [-0.15, -0.1) is 4.40 Å². The number of hydrogen-bond acceptors (Lipinski definition) is 5. The van der Waals surface area contributed by atoms with Gasteiger partial charge < -0.3 is 15.2 Å². The Kier molecular flexibility index (Phi) is 6.34. The molecular formula is C27H27FN2O4S. The van der Waals surface area contributed by atoms with Crippen LogP contribution in [0.3, 0.4) is 0 Å². The largest absolute Gasteiger partial charge is 0.456 e. The van der Waals surface area contributed by atoms with Gasteiger partial charge in [0.15, 0.2) is 0 Å². The third kappa shape index (κ3) is 4.56. The zero-order chi connectivity index (χ0) is 24.5. The molecule has 2 atom stereocenters. The third-order valence-corrected chi connectivity index (χ3v) is 8.52. The number of amidine groups is 1. The summed E-state index contributed by atoms with van der Waals surface area (Å²) in [5.74, 6) is -0.451. The van der Waals surface area contributed by atoms with Crippen LogP contribution in [0.25, 0.3) is 11.1 Å². The molecule has 3 aromatic rings. The van der Waals surface area contributed by atoms with E-state index in [1.165, 1.54) is 6.07 Å². The van der Waals surface area contributed by atoms with Gasteiger partial charge in [-0.1, -0.05) is 72.8 Å². The fourth-order valence-electron chi connectivity index (χ4n) is 4.95. The second kappa shape index (κ2) is 9.43. The van der Waals surface area contributed by atoms with Crippen molar-refractivity contribution in [1.82, 2.24) is 5.32 Å². The summed E-state index contributed by atoms with van der Waals surface area (Å²) < 4.78 is 51.5. The van der Waals surface area contributed by atoms with E-state index in [4.69, 9.17) is 4.74 Å². The Morgan fingerprint density at radius 2 is 1.66 bits per heavy atom. The fourth-order valence-corrected chi connectivity index (χ4v) is 6.70. The van der Waals surface area contributed by atoms with Gasteiger partial charge in [0.2, 0.25) is 0 Å². The number of aliphatic hydroxyl groups is 1. The number of rotatable bonds is 6. The summed E-state index contributed by atoms with van der Waals surface area (Å²) >= 11 is 0. The molecular weight excluding hydrogens is 467 g/mol. The van der Waals surface area contributed by atoms with Gasteiger partial charge in [-0.25, -0.2) is 12.8 Å². The van der Waals surface area contributed by atoms with E-state index in [9.17, 15) is 17.9 Å². The van der Waals surface area contributed by atoms with Gasteiger partial charge in [0.1, 0.15) is 16.7 Å². The first-order valence-electron chi connectivity index (χ1n) is 11.7. The number of halogens is 1. The molecule has 0 bridgehead atoms. The molecule has 0 saturated heterocycles. The topological polar surface area (TPSA) is 88.0 Å². The van der Waals surface area contributed by atoms with E-state index in [0.717, 1.165) is 17.5 Å². The minimum absolute atomic E-state index is 0.149. The molecule has 1 aliphatic heterocycles. The average Bonchev–Trinajstić information content (AvgIpc) is 2.83. The van der Waals surface area contributed by atoms with Crippen LogP contribution in [0.4, 0.5) is 4.39 Å². The van der Waals surface area contributed by atoms with Crippen LogP contribution in [0.1, 0.15) is 48.1 Å². The summed E-state index contributed by atoms with van der Waals surface area (Å²) in [6, 6.07) is 22.7. The van der Waals surface area contributed by atoms with Crippen molar-refractivity contribution in [2.45, 2.75) is 42.6 Å². The smallest absolute Gasteiger partial charge is 0.301 e. The Morgan fingerprint density at radius 3 is 2.29 bits per heavy atom. The van der Waals surface area contributed by atoms with Crippen LogP contribution in [0.15, 0.2) is 83.3 Å². The molecule has 1 spiro atoms. The van der Waals surface area contributed by atoms with Gasteiger partial charge in [0.05, 0.1) is 6.04 Å². The lowest BCUT2D eigenvalue weighted by Crippen LogP contribution is -2.55. The molecule has 2 aliphatic rings. The first-order chi connectivity index (χ1) is 16.9. The standard InChI is InChI=1S/C27H27FN2O4S/c28-23-10-5-4-9-22(23)24(15-18-31)29-26-30-35(32,33)25(27(34-26)16-6-17-27)21-13-11-20(12-14-21)19-7-2-1-3-8-19/h1-5,7-14,24-25,31H,6,15-18H2,(H,29,30)/t24-,25?/m0/s1. The van der Waals surface area contributed by atoms with Gasteiger partial charge in [-0.2, -0.15) is 0 Å². The highest BCUT2D eigenvalue weighted by Crippen LogP contribution is 2.52. The van der Waals surface area contributed by atoms with E-state index in [-0.39, 0.29) is 19.0 Å². The molecule has 0 aromatic heterocycles. The average molecular weight is 495 g/mol. The SMILES string of the molecule is O=S1(=O)N=C(N[C@@H](CCO)c2ccccc2F)OC2(CCC2)C1c1ccc(-c2ccccc2)cc1. The Hall–Kier alpha value is -3.23. The Balaban J connectivity index is 1.46. The summed E-state index contributed by atoms with van der Waals surface area (Å²) in [7, 11) is -3.98. The molecule has 1 aliphatic carbocycles. The van der Waals surface area contributed by atoms with Gasteiger partial charge in [-0.3, -0.25) is 0 Å². The second-order valence-electron chi connectivity index (χ2n) is 9.03. The number of benzene rings is 3. The van der Waals surface area contributed by atoms with Gasteiger partial charge in [0, 0.05) is 12.2 Å². The summed E-state index contributed by atoms with van der Waals surface area (Å²) in [4.78, 5) is 0. The maximum atomic E-state index is 14.4. The molecule has 3 aromatic carbocycles. The molecule has 1 unspecified atom stereocenters. The van der Waals surface area contributed by atoms with Crippen molar-refractivity contribution in [3.63, 3.8) is 0 Å². The first kappa shape index (κ1) is 23.5. The molecule has 35 heavy (non-hydrogen) atoms. The van der Waals surface area contributed by atoms with Gasteiger partial charge >= 0.3 is 6.02 Å². The quantitative estimate of drug-likeness (QED) is 0.510. The van der Waals surface area contributed by atoms with Crippen molar-refractivity contribution in [3.8, 4) is 11.1 Å². The molecule has 8 heteroatoms. The van der Waals surface area contributed by atoms with E-state index in [0.29, 0.717) is 24.0 Å². The number of hydrogen-bond donors (Lipinski definition) is 2. The number of nitrogens with one attached hydrogen (secondary N) is 1. The van der Waals surface area contributed by atoms with Crippen LogP contribution in [0, 0.1) is 5.82 Å². The van der Waals surface area contributed by atoms with Crippen molar-refractivity contribution in [2.24, 2.45) is 4.40 Å². The molecule has 1 fully saturated rings. The lowest BCUT2D eigenvalue weighted by molar-refractivity contribution is -0.0316. The zero-order valence-corrected chi connectivity index (χ0v) is 19.9. The number of nitrogens with zero attached hydrogens (tertiary/aromatic N) is 1. The molecule has 5 rings (SSSR count). The summed E-state index contributed by atoms with van der Waals surface area (Å²) in [6.45, 7) is -0.215. The molecule has 0 radical (unpaired) electrons. The van der Waals surface area contributed by atoms with Crippen LogP contribution in [0.5, 0.6) is 0 Å².